The third-order valence-corrected chi connectivity index (χ3v) is 8.08. The van der Waals surface area contributed by atoms with Crippen LogP contribution >= 0.6 is 62.3 Å². The molecule has 8 heteroatoms. The molecule has 1 aliphatic carbocycles. The summed E-state index contributed by atoms with van der Waals surface area (Å²) in [7, 11) is 1.64. The van der Waals surface area contributed by atoms with E-state index in [1.54, 1.807) is 19.2 Å². The van der Waals surface area contributed by atoms with Crippen LogP contribution in [0.25, 0.3) is 0 Å². The summed E-state index contributed by atoms with van der Waals surface area (Å²) in [6.45, 7) is 0.283. The summed E-state index contributed by atoms with van der Waals surface area (Å²) in [4.78, 5) is 0. The number of anilines is 1. The minimum atomic E-state index is 0.0481. The van der Waals surface area contributed by atoms with E-state index in [1.807, 2.05) is 24.3 Å². The van der Waals surface area contributed by atoms with Crippen molar-refractivity contribution in [2.45, 2.75) is 25.0 Å². The predicted molar refractivity (Wildman–Crippen MR) is 144 cm³/mol. The molecule has 0 unspecified atom stereocenters. The standard InChI is InChI=1S/C26H20BrCl4NO2/c1-33-23-8-14(7-19(27)26(23)34-12-13-5-6-15(28)9-20(13)30)25-18-4-2-3-17(18)24-21(31)10-16(29)11-22(24)32-25/h2-3,5-11,17-18,25,32H,4,12H2,1H3/t17-,18+,25-/m0/s1. The van der Waals surface area contributed by atoms with Gasteiger partial charge in [0.2, 0.25) is 0 Å². The number of fused-ring (bicyclic) bond motifs is 3. The van der Waals surface area contributed by atoms with Crippen LogP contribution in [0.1, 0.15) is 35.1 Å². The van der Waals surface area contributed by atoms with Gasteiger partial charge in [-0.3, -0.25) is 0 Å². The Hall–Kier alpha value is -1.56. The van der Waals surface area contributed by atoms with E-state index in [2.05, 4.69) is 39.5 Å². The minimum absolute atomic E-state index is 0.0481. The summed E-state index contributed by atoms with van der Waals surface area (Å²) in [6.07, 6.45) is 5.42. The molecule has 3 aromatic rings. The zero-order chi connectivity index (χ0) is 24.0. The molecule has 0 radical (unpaired) electrons. The van der Waals surface area contributed by atoms with E-state index in [0.29, 0.717) is 37.5 Å². The molecule has 1 heterocycles. The smallest absolute Gasteiger partial charge is 0.175 e. The number of nitrogens with one attached hydrogen (secondary N) is 1. The molecule has 0 amide bonds. The van der Waals surface area contributed by atoms with Crippen LogP contribution in [0.3, 0.4) is 0 Å². The maximum atomic E-state index is 6.59. The number of hydrogen-bond donors (Lipinski definition) is 1. The highest BCUT2D eigenvalue weighted by Crippen LogP contribution is 2.53. The second-order valence-electron chi connectivity index (χ2n) is 8.38. The molecule has 2 aliphatic rings. The van der Waals surface area contributed by atoms with Crippen molar-refractivity contribution < 1.29 is 9.47 Å². The van der Waals surface area contributed by atoms with Gasteiger partial charge in [-0.1, -0.05) is 64.6 Å². The molecule has 1 aliphatic heterocycles. The second kappa shape index (κ2) is 9.83. The molecule has 0 bridgehead atoms. The zero-order valence-corrected chi connectivity index (χ0v) is 22.7. The quantitative estimate of drug-likeness (QED) is 0.296. The lowest BCUT2D eigenvalue weighted by molar-refractivity contribution is 0.282. The van der Waals surface area contributed by atoms with Crippen LogP contribution in [-0.4, -0.2) is 7.11 Å². The van der Waals surface area contributed by atoms with E-state index in [4.69, 9.17) is 55.9 Å². The van der Waals surface area contributed by atoms with Crippen LogP contribution in [0.4, 0.5) is 5.69 Å². The minimum Gasteiger partial charge on any atom is -0.493 e. The summed E-state index contributed by atoms with van der Waals surface area (Å²) in [5.74, 6) is 1.79. The van der Waals surface area contributed by atoms with Crippen LogP contribution in [0.2, 0.25) is 20.1 Å². The molecular weight excluding hydrogens is 580 g/mol. The molecule has 5 rings (SSSR count). The number of halogens is 5. The van der Waals surface area contributed by atoms with Crippen molar-refractivity contribution in [2.24, 2.45) is 5.92 Å². The van der Waals surface area contributed by atoms with Gasteiger partial charge in [0.25, 0.3) is 0 Å². The molecule has 1 N–H and O–H groups in total. The summed E-state index contributed by atoms with van der Waals surface area (Å²) in [5, 5.41) is 6.12. The molecule has 0 saturated heterocycles. The van der Waals surface area contributed by atoms with Crippen molar-refractivity contribution in [3.05, 3.63) is 95.9 Å². The Balaban J connectivity index is 1.47. The molecule has 0 aromatic heterocycles. The summed E-state index contributed by atoms with van der Waals surface area (Å²) in [6, 6.07) is 13.2. The van der Waals surface area contributed by atoms with E-state index < -0.39 is 0 Å². The Kier molecular flexibility index (Phi) is 6.98. The van der Waals surface area contributed by atoms with Gasteiger partial charge in [-0.25, -0.2) is 0 Å². The predicted octanol–water partition coefficient (Wildman–Crippen LogP) is 9.48. The maximum absolute atomic E-state index is 6.59. The molecule has 3 nitrogen and oxygen atoms in total. The third-order valence-electron chi connectivity index (χ3n) is 6.38. The van der Waals surface area contributed by atoms with Crippen molar-refractivity contribution in [1.29, 1.82) is 0 Å². The third kappa shape index (κ3) is 4.52. The van der Waals surface area contributed by atoms with E-state index in [0.717, 1.165) is 33.3 Å². The van der Waals surface area contributed by atoms with Crippen molar-refractivity contribution in [3.63, 3.8) is 0 Å². The lowest BCUT2D eigenvalue weighted by Gasteiger charge is -2.38. The lowest BCUT2D eigenvalue weighted by atomic mass is 9.77. The number of hydrogen-bond acceptors (Lipinski definition) is 3. The first-order valence-electron chi connectivity index (χ1n) is 10.7. The van der Waals surface area contributed by atoms with E-state index >= 15 is 0 Å². The molecule has 3 atom stereocenters. The van der Waals surface area contributed by atoms with Gasteiger partial charge in [-0.15, -0.1) is 0 Å². The Morgan fingerprint density at radius 1 is 1.00 bits per heavy atom. The molecule has 0 fully saturated rings. The first-order chi connectivity index (χ1) is 16.4. The SMILES string of the molecule is COc1cc([C@@H]2Nc3cc(Cl)cc(Cl)c3[C@H]3C=CC[C@H]32)cc(Br)c1OCc1ccc(Cl)cc1Cl. The summed E-state index contributed by atoms with van der Waals surface area (Å²) in [5.41, 5.74) is 3.99. The van der Waals surface area contributed by atoms with Gasteiger partial charge >= 0.3 is 0 Å². The van der Waals surface area contributed by atoms with Crippen LogP contribution in [-0.2, 0) is 6.61 Å². The first kappa shape index (κ1) is 24.1. The number of benzene rings is 3. The number of rotatable bonds is 5. The van der Waals surface area contributed by atoms with Crippen LogP contribution in [0.15, 0.2) is 59.1 Å². The van der Waals surface area contributed by atoms with E-state index in [-0.39, 0.29) is 18.6 Å². The molecule has 3 aromatic carbocycles. The molecule has 176 valence electrons. The Morgan fingerprint density at radius 2 is 1.79 bits per heavy atom. The normalized spacial score (nSPS) is 20.5. The maximum Gasteiger partial charge on any atom is 0.175 e. The van der Waals surface area contributed by atoms with Crippen LogP contribution in [0, 0.1) is 5.92 Å². The van der Waals surface area contributed by atoms with Crippen molar-refractivity contribution in [3.8, 4) is 11.5 Å². The fourth-order valence-corrected chi connectivity index (χ4v) is 6.48. The largest absolute Gasteiger partial charge is 0.493 e. The van der Waals surface area contributed by atoms with Gasteiger partial charge in [0.15, 0.2) is 11.5 Å². The average molecular weight is 600 g/mol. The highest BCUT2D eigenvalue weighted by molar-refractivity contribution is 9.10. The van der Waals surface area contributed by atoms with Gasteiger partial charge in [0, 0.05) is 42.8 Å². The molecule has 0 saturated carbocycles. The fourth-order valence-electron chi connectivity index (χ4n) is 4.82. The van der Waals surface area contributed by atoms with Crippen LogP contribution < -0.4 is 14.8 Å². The zero-order valence-electron chi connectivity index (χ0n) is 18.0. The van der Waals surface area contributed by atoms with Crippen LogP contribution in [0.5, 0.6) is 11.5 Å². The van der Waals surface area contributed by atoms with Gasteiger partial charge in [-0.05, 0) is 70.2 Å². The summed E-state index contributed by atoms with van der Waals surface area (Å²) < 4.78 is 12.6. The highest BCUT2D eigenvalue weighted by Gasteiger charge is 2.39. The monoisotopic (exact) mass is 597 g/mol. The van der Waals surface area contributed by atoms with E-state index in [9.17, 15) is 0 Å². The second-order valence-corrected chi connectivity index (χ2v) is 10.9. The molecular formula is C26H20BrCl4NO2. The summed E-state index contributed by atoms with van der Waals surface area (Å²) >= 11 is 28.9. The molecule has 34 heavy (non-hydrogen) atoms. The Labute approximate surface area is 227 Å². The lowest BCUT2D eigenvalue weighted by Crippen LogP contribution is -2.29. The number of methoxy groups -OCH3 is 1. The first-order valence-corrected chi connectivity index (χ1v) is 13.0. The van der Waals surface area contributed by atoms with Gasteiger partial charge in [-0.2, -0.15) is 0 Å². The van der Waals surface area contributed by atoms with Gasteiger partial charge in [0.05, 0.1) is 17.6 Å². The number of allylic oxidation sites excluding steroid dienone is 2. The topological polar surface area (TPSA) is 30.5 Å². The van der Waals surface area contributed by atoms with Crippen molar-refractivity contribution in [2.75, 3.05) is 12.4 Å². The van der Waals surface area contributed by atoms with Crippen molar-refractivity contribution >= 4 is 68.0 Å². The average Bonchev–Trinajstić information content (AvgIpc) is 3.27. The van der Waals surface area contributed by atoms with Gasteiger partial charge in [0.1, 0.15) is 6.61 Å². The van der Waals surface area contributed by atoms with Crippen molar-refractivity contribution in [1.82, 2.24) is 0 Å². The Morgan fingerprint density at radius 3 is 2.56 bits per heavy atom. The number of ether oxygens (including phenoxy) is 2. The van der Waals surface area contributed by atoms with Gasteiger partial charge < -0.3 is 14.8 Å². The highest BCUT2D eigenvalue weighted by atomic mass is 79.9. The molecule has 0 spiro atoms. The Bertz CT molecular complexity index is 1300. The fraction of sp³-hybridized carbons (Fsp3) is 0.231. The van der Waals surface area contributed by atoms with E-state index in [1.165, 1.54) is 0 Å².